The van der Waals surface area contributed by atoms with Gasteiger partial charge in [-0.15, -0.1) is 0 Å². The Labute approximate surface area is 172 Å². The van der Waals surface area contributed by atoms with Gasteiger partial charge in [0.05, 0.1) is 18.0 Å². The molecule has 1 unspecified atom stereocenters. The monoisotopic (exact) mass is 410 g/mol. The highest BCUT2D eigenvalue weighted by molar-refractivity contribution is 6.04. The molecule has 7 nitrogen and oxygen atoms in total. The van der Waals surface area contributed by atoms with Gasteiger partial charge in [-0.3, -0.25) is 14.0 Å². The second-order valence-corrected chi connectivity index (χ2v) is 7.54. The largest absolute Gasteiger partial charge is 0.393 e. The lowest BCUT2D eigenvalue weighted by Gasteiger charge is -2.27. The van der Waals surface area contributed by atoms with Crippen molar-refractivity contribution in [1.82, 2.24) is 14.7 Å². The van der Waals surface area contributed by atoms with Gasteiger partial charge in [-0.25, -0.2) is 9.37 Å². The summed E-state index contributed by atoms with van der Waals surface area (Å²) < 4.78 is 15.9. The summed E-state index contributed by atoms with van der Waals surface area (Å²) in [7, 11) is 0. The van der Waals surface area contributed by atoms with E-state index in [2.05, 4.69) is 15.6 Å². The van der Waals surface area contributed by atoms with Gasteiger partial charge in [0.15, 0.2) is 0 Å². The summed E-state index contributed by atoms with van der Waals surface area (Å²) in [6, 6.07) is 9.15. The van der Waals surface area contributed by atoms with Crippen LogP contribution in [0.4, 0.5) is 10.1 Å². The first kappa shape index (κ1) is 20.0. The number of nitrogens with zero attached hydrogens (tertiary/aromatic N) is 2. The summed E-state index contributed by atoms with van der Waals surface area (Å²) in [5, 5.41) is 15.4. The maximum atomic E-state index is 14.3. The summed E-state index contributed by atoms with van der Waals surface area (Å²) in [5.41, 5.74) is 0.999. The minimum Gasteiger partial charge on any atom is -0.393 e. The highest BCUT2D eigenvalue weighted by Gasteiger charge is 2.23. The van der Waals surface area contributed by atoms with Crippen LogP contribution >= 0.6 is 0 Å². The zero-order chi connectivity index (χ0) is 21.1. The Hall–Kier alpha value is -3.26. The Balaban J connectivity index is 1.46. The number of carbonyl (C=O) groups excluding carboxylic acids is 2. The van der Waals surface area contributed by atoms with Gasteiger partial charge < -0.3 is 15.7 Å². The summed E-state index contributed by atoms with van der Waals surface area (Å²) >= 11 is 0. The highest BCUT2D eigenvalue weighted by atomic mass is 19.1. The molecule has 1 aliphatic rings. The average Bonchev–Trinajstić information content (AvgIpc) is 3.19. The molecule has 0 aliphatic heterocycles. The van der Waals surface area contributed by atoms with E-state index in [1.807, 2.05) is 0 Å². The van der Waals surface area contributed by atoms with Gasteiger partial charge in [0, 0.05) is 24.2 Å². The number of hydrogen-bond donors (Lipinski definition) is 3. The number of benzene rings is 1. The van der Waals surface area contributed by atoms with E-state index in [-0.39, 0.29) is 28.8 Å². The van der Waals surface area contributed by atoms with Gasteiger partial charge in [-0.05, 0) is 43.2 Å². The number of anilines is 1. The van der Waals surface area contributed by atoms with Crippen molar-refractivity contribution in [1.29, 1.82) is 0 Å². The average molecular weight is 410 g/mol. The van der Waals surface area contributed by atoms with Gasteiger partial charge in [-0.1, -0.05) is 18.9 Å². The van der Waals surface area contributed by atoms with Crippen molar-refractivity contribution >= 4 is 23.1 Å². The van der Waals surface area contributed by atoms with Crippen LogP contribution in [0.3, 0.4) is 0 Å². The first-order valence-electron chi connectivity index (χ1n) is 10.0. The summed E-state index contributed by atoms with van der Waals surface area (Å²) in [6.45, 7) is 0.362. The molecule has 2 amide bonds. The lowest BCUT2D eigenvalue weighted by molar-refractivity contribution is 0.0662. The molecule has 4 rings (SSSR count). The molecule has 30 heavy (non-hydrogen) atoms. The molecule has 0 saturated heterocycles. The molecule has 3 N–H and O–H groups in total. The van der Waals surface area contributed by atoms with Crippen LogP contribution in [-0.4, -0.2) is 39.0 Å². The van der Waals surface area contributed by atoms with Gasteiger partial charge >= 0.3 is 0 Å². The standard InChI is InChI=1S/C22H23FN4O3/c23-16-9-8-14(21(29)25-12-15-5-1-2-6-19(15)28)11-17(16)26-22(30)18-13-24-20-7-3-4-10-27(18)20/h3-4,7-11,13,15,19,28H,1-2,5-6,12H2,(H,25,29)(H,26,30)/t15?,19-/m1/s1. The van der Waals surface area contributed by atoms with E-state index in [0.717, 1.165) is 31.7 Å². The second kappa shape index (κ2) is 8.62. The number of hydrogen-bond acceptors (Lipinski definition) is 4. The Morgan fingerprint density at radius 1 is 1.17 bits per heavy atom. The van der Waals surface area contributed by atoms with Crippen molar-refractivity contribution in [3.63, 3.8) is 0 Å². The lowest BCUT2D eigenvalue weighted by atomic mass is 9.86. The van der Waals surface area contributed by atoms with Gasteiger partial charge in [0.25, 0.3) is 11.8 Å². The van der Waals surface area contributed by atoms with Gasteiger partial charge in [-0.2, -0.15) is 0 Å². The minimum atomic E-state index is -0.642. The summed E-state index contributed by atoms with van der Waals surface area (Å²) in [4.78, 5) is 29.3. The van der Waals surface area contributed by atoms with Crippen LogP contribution in [0.15, 0.2) is 48.8 Å². The number of amides is 2. The number of aliphatic hydroxyl groups excluding tert-OH is 1. The van der Waals surface area contributed by atoms with Crippen molar-refractivity contribution < 1.29 is 19.1 Å². The molecule has 8 heteroatoms. The molecule has 2 aromatic heterocycles. The number of carbonyl (C=O) groups is 2. The van der Waals surface area contributed by atoms with Crippen LogP contribution in [0.1, 0.15) is 46.5 Å². The van der Waals surface area contributed by atoms with Crippen molar-refractivity contribution in [2.45, 2.75) is 31.8 Å². The Morgan fingerprint density at radius 3 is 2.83 bits per heavy atom. The summed E-state index contributed by atoms with van der Waals surface area (Å²) in [5.74, 6) is -1.53. The molecule has 1 aromatic carbocycles. The SMILES string of the molecule is O=C(NCC1CCCC[C@H]1O)c1ccc(F)c(NC(=O)c2cnc3ccccn23)c1. The predicted octanol–water partition coefficient (Wildman–Crippen LogP) is 3.01. The first-order valence-corrected chi connectivity index (χ1v) is 10.0. The molecule has 1 fully saturated rings. The van der Waals surface area contributed by atoms with Crippen LogP contribution in [-0.2, 0) is 0 Å². The van der Waals surface area contributed by atoms with E-state index in [0.29, 0.717) is 12.2 Å². The van der Waals surface area contributed by atoms with E-state index < -0.39 is 17.8 Å². The van der Waals surface area contributed by atoms with Crippen LogP contribution in [0.25, 0.3) is 5.65 Å². The van der Waals surface area contributed by atoms with Crippen LogP contribution in [0.2, 0.25) is 0 Å². The zero-order valence-corrected chi connectivity index (χ0v) is 16.3. The van der Waals surface area contributed by atoms with E-state index in [9.17, 15) is 19.1 Å². The molecule has 1 saturated carbocycles. The van der Waals surface area contributed by atoms with E-state index in [4.69, 9.17) is 0 Å². The molecule has 0 spiro atoms. The topological polar surface area (TPSA) is 95.7 Å². The van der Waals surface area contributed by atoms with Crippen LogP contribution in [0, 0.1) is 11.7 Å². The number of aliphatic hydroxyl groups is 1. The molecule has 0 bridgehead atoms. The fourth-order valence-electron chi connectivity index (χ4n) is 3.80. The van der Waals surface area contributed by atoms with Gasteiger partial charge in [0.2, 0.25) is 0 Å². The quantitative estimate of drug-likeness (QED) is 0.603. The molecule has 1 aliphatic carbocycles. The molecular formula is C22H23FN4O3. The van der Waals surface area contributed by atoms with Crippen molar-refractivity contribution in [3.05, 3.63) is 65.9 Å². The van der Waals surface area contributed by atoms with Crippen LogP contribution < -0.4 is 10.6 Å². The molecule has 156 valence electrons. The minimum absolute atomic E-state index is 0.0254. The maximum absolute atomic E-state index is 14.3. The molecule has 0 radical (unpaired) electrons. The molecule has 2 atom stereocenters. The maximum Gasteiger partial charge on any atom is 0.274 e. The number of aromatic nitrogens is 2. The van der Waals surface area contributed by atoms with Crippen molar-refractivity contribution in [3.8, 4) is 0 Å². The number of rotatable bonds is 5. The molecule has 2 heterocycles. The van der Waals surface area contributed by atoms with E-state index in [1.165, 1.54) is 18.3 Å². The molecule has 3 aromatic rings. The Bertz CT molecular complexity index is 1080. The zero-order valence-electron chi connectivity index (χ0n) is 16.3. The molecular weight excluding hydrogens is 387 g/mol. The normalized spacial score (nSPS) is 18.9. The van der Waals surface area contributed by atoms with Crippen molar-refractivity contribution in [2.24, 2.45) is 5.92 Å². The van der Waals surface area contributed by atoms with Crippen molar-refractivity contribution in [2.75, 3.05) is 11.9 Å². The van der Waals surface area contributed by atoms with E-state index >= 15 is 0 Å². The number of nitrogens with one attached hydrogen (secondary N) is 2. The Morgan fingerprint density at radius 2 is 2.00 bits per heavy atom. The number of fused-ring (bicyclic) bond motifs is 1. The smallest absolute Gasteiger partial charge is 0.274 e. The fourth-order valence-corrected chi connectivity index (χ4v) is 3.80. The number of imidazole rings is 1. The third kappa shape index (κ3) is 4.18. The summed E-state index contributed by atoms with van der Waals surface area (Å²) in [6.07, 6.45) is 6.34. The third-order valence-corrected chi connectivity index (χ3v) is 5.52. The van der Waals surface area contributed by atoms with E-state index in [1.54, 1.807) is 28.8 Å². The lowest BCUT2D eigenvalue weighted by Crippen LogP contribution is -2.36. The number of halogens is 1. The van der Waals surface area contributed by atoms with Gasteiger partial charge in [0.1, 0.15) is 17.2 Å². The first-order chi connectivity index (χ1) is 14.5. The van der Waals surface area contributed by atoms with Crippen LogP contribution in [0.5, 0.6) is 0 Å². The second-order valence-electron chi connectivity index (χ2n) is 7.54. The predicted molar refractivity (Wildman–Crippen MR) is 110 cm³/mol. The number of pyridine rings is 1. The fraction of sp³-hybridized carbons (Fsp3) is 0.318. The third-order valence-electron chi connectivity index (χ3n) is 5.52. The highest BCUT2D eigenvalue weighted by Crippen LogP contribution is 2.24. The Kier molecular flexibility index (Phi) is 5.76.